The lowest BCUT2D eigenvalue weighted by Gasteiger charge is -2.10. The quantitative estimate of drug-likeness (QED) is 0.554. The highest BCUT2D eigenvalue weighted by Crippen LogP contribution is 2.32. The SMILES string of the molecule is Nc1cc(Cl)c(NCCCO)c(Cl)c1. The molecule has 5 heteroatoms. The largest absolute Gasteiger partial charge is 0.399 e. The number of hydrogen-bond donors (Lipinski definition) is 3. The van der Waals surface area contributed by atoms with Crippen molar-refractivity contribution >= 4 is 34.6 Å². The predicted octanol–water partition coefficient (Wildman–Crippen LogP) is 2.37. The van der Waals surface area contributed by atoms with Crippen LogP contribution in [0.3, 0.4) is 0 Å². The van der Waals surface area contributed by atoms with Gasteiger partial charge in [0.2, 0.25) is 0 Å². The van der Waals surface area contributed by atoms with E-state index in [1.54, 1.807) is 12.1 Å². The maximum atomic E-state index is 8.60. The van der Waals surface area contributed by atoms with Crippen molar-refractivity contribution in [1.82, 2.24) is 0 Å². The molecule has 0 atom stereocenters. The standard InChI is InChI=1S/C9H12Cl2N2O/c10-7-4-6(12)5-8(11)9(7)13-2-1-3-14/h4-5,13-14H,1-3,12H2. The van der Waals surface area contributed by atoms with Gasteiger partial charge in [0.25, 0.3) is 0 Å². The van der Waals surface area contributed by atoms with E-state index < -0.39 is 0 Å². The van der Waals surface area contributed by atoms with Gasteiger partial charge in [-0.3, -0.25) is 0 Å². The van der Waals surface area contributed by atoms with Crippen molar-refractivity contribution in [2.75, 3.05) is 24.2 Å². The van der Waals surface area contributed by atoms with E-state index in [2.05, 4.69) is 5.32 Å². The van der Waals surface area contributed by atoms with E-state index in [-0.39, 0.29) is 6.61 Å². The molecule has 1 rings (SSSR count). The number of nitrogen functional groups attached to an aromatic ring is 1. The fraction of sp³-hybridized carbons (Fsp3) is 0.333. The van der Waals surface area contributed by atoms with Crippen molar-refractivity contribution in [3.63, 3.8) is 0 Å². The zero-order chi connectivity index (χ0) is 10.6. The van der Waals surface area contributed by atoms with Crippen LogP contribution in [0.5, 0.6) is 0 Å². The smallest absolute Gasteiger partial charge is 0.0720 e. The molecule has 0 heterocycles. The summed E-state index contributed by atoms with van der Waals surface area (Å²) in [6, 6.07) is 3.27. The highest BCUT2D eigenvalue weighted by molar-refractivity contribution is 6.39. The average molecular weight is 235 g/mol. The third-order valence-corrected chi connectivity index (χ3v) is 2.30. The monoisotopic (exact) mass is 234 g/mol. The van der Waals surface area contributed by atoms with Gasteiger partial charge in [-0.1, -0.05) is 23.2 Å². The van der Waals surface area contributed by atoms with Gasteiger partial charge in [-0.25, -0.2) is 0 Å². The highest BCUT2D eigenvalue weighted by Gasteiger charge is 2.05. The first-order valence-corrected chi connectivity index (χ1v) is 5.00. The van der Waals surface area contributed by atoms with Crippen LogP contribution in [0, 0.1) is 0 Å². The highest BCUT2D eigenvalue weighted by atomic mass is 35.5. The summed E-state index contributed by atoms with van der Waals surface area (Å²) in [7, 11) is 0. The molecule has 1 aromatic rings. The van der Waals surface area contributed by atoms with E-state index in [1.165, 1.54) is 0 Å². The third kappa shape index (κ3) is 2.94. The molecule has 0 saturated carbocycles. The van der Waals surface area contributed by atoms with E-state index in [4.69, 9.17) is 34.0 Å². The maximum absolute atomic E-state index is 8.60. The number of aliphatic hydroxyl groups excluding tert-OH is 1. The number of halogens is 2. The minimum absolute atomic E-state index is 0.136. The molecule has 3 nitrogen and oxygen atoms in total. The molecule has 0 amide bonds. The van der Waals surface area contributed by atoms with Crippen molar-refractivity contribution in [2.24, 2.45) is 0 Å². The first-order chi connectivity index (χ1) is 6.65. The zero-order valence-corrected chi connectivity index (χ0v) is 9.07. The first-order valence-electron chi connectivity index (χ1n) is 4.24. The van der Waals surface area contributed by atoms with Crippen molar-refractivity contribution in [1.29, 1.82) is 0 Å². The van der Waals surface area contributed by atoms with Gasteiger partial charge in [0.1, 0.15) is 0 Å². The topological polar surface area (TPSA) is 58.3 Å². The van der Waals surface area contributed by atoms with E-state index >= 15 is 0 Å². The van der Waals surface area contributed by atoms with Crippen LogP contribution >= 0.6 is 23.2 Å². The minimum Gasteiger partial charge on any atom is -0.399 e. The van der Waals surface area contributed by atoms with Gasteiger partial charge in [-0.15, -0.1) is 0 Å². The van der Waals surface area contributed by atoms with Crippen LogP contribution in [0.1, 0.15) is 6.42 Å². The summed E-state index contributed by atoms with van der Waals surface area (Å²) in [5, 5.41) is 12.6. The van der Waals surface area contributed by atoms with Crippen LogP contribution < -0.4 is 11.1 Å². The molecule has 0 aromatic heterocycles. The average Bonchev–Trinajstić information content (AvgIpc) is 2.09. The fourth-order valence-corrected chi connectivity index (χ4v) is 1.69. The van der Waals surface area contributed by atoms with E-state index in [1.807, 2.05) is 0 Å². The normalized spacial score (nSPS) is 10.2. The summed E-state index contributed by atoms with van der Waals surface area (Å²) in [6.45, 7) is 0.761. The molecule has 0 saturated heterocycles. The molecular formula is C9H12Cl2N2O. The molecular weight excluding hydrogens is 223 g/mol. The van der Waals surface area contributed by atoms with Crippen LogP contribution in [0.2, 0.25) is 10.0 Å². The molecule has 14 heavy (non-hydrogen) atoms. The first kappa shape index (κ1) is 11.4. The van der Waals surface area contributed by atoms with E-state index in [0.29, 0.717) is 34.4 Å². The van der Waals surface area contributed by atoms with Crippen LogP contribution in [-0.2, 0) is 0 Å². The second-order valence-electron chi connectivity index (χ2n) is 2.86. The summed E-state index contributed by atoms with van der Waals surface area (Å²) in [5.74, 6) is 0. The van der Waals surface area contributed by atoms with Gasteiger partial charge in [0, 0.05) is 18.8 Å². The molecule has 4 N–H and O–H groups in total. The maximum Gasteiger partial charge on any atom is 0.0720 e. The van der Waals surface area contributed by atoms with E-state index in [9.17, 15) is 0 Å². The van der Waals surface area contributed by atoms with Crippen LogP contribution in [0.4, 0.5) is 11.4 Å². The number of aliphatic hydroxyl groups is 1. The van der Waals surface area contributed by atoms with Crippen molar-refractivity contribution in [2.45, 2.75) is 6.42 Å². The van der Waals surface area contributed by atoms with E-state index in [0.717, 1.165) is 0 Å². The Hall–Kier alpha value is -0.640. The predicted molar refractivity (Wildman–Crippen MR) is 61.1 cm³/mol. The molecule has 0 spiro atoms. The summed E-state index contributed by atoms with van der Waals surface area (Å²) in [5.41, 5.74) is 6.74. The Kier molecular flexibility index (Phi) is 4.32. The summed E-state index contributed by atoms with van der Waals surface area (Å²) in [6.07, 6.45) is 0.650. The summed E-state index contributed by atoms with van der Waals surface area (Å²) >= 11 is 11.8. The molecule has 78 valence electrons. The number of benzene rings is 1. The Morgan fingerprint density at radius 2 is 1.86 bits per heavy atom. The van der Waals surface area contributed by atoms with Gasteiger partial charge in [0.05, 0.1) is 15.7 Å². The number of nitrogens with one attached hydrogen (secondary N) is 1. The lowest BCUT2D eigenvalue weighted by molar-refractivity contribution is 0.292. The fourth-order valence-electron chi connectivity index (χ4n) is 1.05. The molecule has 1 aromatic carbocycles. The second-order valence-corrected chi connectivity index (χ2v) is 3.68. The van der Waals surface area contributed by atoms with Gasteiger partial charge in [-0.05, 0) is 18.6 Å². The third-order valence-electron chi connectivity index (χ3n) is 1.70. The van der Waals surface area contributed by atoms with Crippen molar-refractivity contribution < 1.29 is 5.11 Å². The van der Waals surface area contributed by atoms with Gasteiger partial charge in [0.15, 0.2) is 0 Å². The number of hydrogen-bond acceptors (Lipinski definition) is 3. The molecule has 0 bridgehead atoms. The van der Waals surface area contributed by atoms with Crippen molar-refractivity contribution in [3.8, 4) is 0 Å². The number of nitrogens with two attached hydrogens (primary N) is 1. The molecule has 0 aliphatic rings. The van der Waals surface area contributed by atoms with Crippen LogP contribution in [0.25, 0.3) is 0 Å². The lowest BCUT2D eigenvalue weighted by atomic mass is 10.2. The zero-order valence-electron chi connectivity index (χ0n) is 7.56. The van der Waals surface area contributed by atoms with Gasteiger partial charge in [-0.2, -0.15) is 0 Å². The van der Waals surface area contributed by atoms with Crippen molar-refractivity contribution in [3.05, 3.63) is 22.2 Å². The Balaban J connectivity index is 2.75. The summed E-state index contributed by atoms with van der Waals surface area (Å²) < 4.78 is 0. The second kappa shape index (κ2) is 5.29. The van der Waals surface area contributed by atoms with Gasteiger partial charge >= 0.3 is 0 Å². The lowest BCUT2D eigenvalue weighted by Crippen LogP contribution is -2.04. The Labute approximate surface area is 92.8 Å². The number of anilines is 2. The summed E-state index contributed by atoms with van der Waals surface area (Å²) in [4.78, 5) is 0. The Morgan fingerprint density at radius 3 is 2.36 bits per heavy atom. The van der Waals surface area contributed by atoms with Crippen LogP contribution in [-0.4, -0.2) is 18.3 Å². The number of rotatable bonds is 4. The Bertz CT molecular complexity index is 295. The molecule has 0 radical (unpaired) electrons. The molecule has 0 unspecified atom stereocenters. The van der Waals surface area contributed by atoms with Gasteiger partial charge < -0.3 is 16.2 Å². The molecule has 0 fully saturated rings. The minimum atomic E-state index is 0.136. The Morgan fingerprint density at radius 1 is 1.29 bits per heavy atom. The molecule has 0 aliphatic heterocycles. The molecule has 0 aliphatic carbocycles. The van der Waals surface area contributed by atoms with Crippen LogP contribution in [0.15, 0.2) is 12.1 Å².